The predicted molar refractivity (Wildman–Crippen MR) is 67.1 cm³/mol. The molecular weight excluding hydrogens is 252 g/mol. The van der Waals surface area contributed by atoms with Gasteiger partial charge in [-0.25, -0.2) is 0 Å². The summed E-state index contributed by atoms with van der Waals surface area (Å²) in [5.41, 5.74) is 1.28. The van der Waals surface area contributed by atoms with Crippen LogP contribution < -0.4 is 4.90 Å². The maximum absolute atomic E-state index is 4.11. The molecule has 1 aliphatic rings. The van der Waals surface area contributed by atoms with Crippen molar-refractivity contribution in [3.63, 3.8) is 0 Å². The second-order valence-electron chi connectivity index (χ2n) is 4.51. The molecule has 1 saturated heterocycles. The summed E-state index contributed by atoms with van der Waals surface area (Å²) in [5.74, 6) is 0.793. The lowest BCUT2D eigenvalue weighted by Gasteiger charge is -2.39. The van der Waals surface area contributed by atoms with E-state index in [2.05, 4.69) is 45.7 Å². The molecule has 0 aromatic carbocycles. The van der Waals surface area contributed by atoms with Crippen molar-refractivity contribution < 1.29 is 0 Å². The number of rotatable bonds is 1. The Labute approximate surface area is 99.8 Å². The van der Waals surface area contributed by atoms with Gasteiger partial charge in [0.05, 0.1) is 10.2 Å². The number of hydrogen-bond acceptors (Lipinski definition) is 2. The van der Waals surface area contributed by atoms with Gasteiger partial charge in [-0.15, -0.1) is 0 Å². The molecule has 1 aromatic rings. The van der Waals surface area contributed by atoms with Crippen molar-refractivity contribution in [1.29, 1.82) is 0 Å². The third-order valence-electron chi connectivity index (χ3n) is 3.18. The lowest BCUT2D eigenvalue weighted by Crippen LogP contribution is -2.41. The Kier molecular flexibility index (Phi) is 3.29. The van der Waals surface area contributed by atoms with E-state index in [0.29, 0.717) is 6.04 Å². The molecule has 15 heavy (non-hydrogen) atoms. The van der Waals surface area contributed by atoms with Crippen LogP contribution in [0.3, 0.4) is 0 Å². The molecule has 0 spiro atoms. The first-order valence-corrected chi connectivity index (χ1v) is 6.34. The monoisotopic (exact) mass is 268 g/mol. The number of pyridine rings is 1. The summed E-state index contributed by atoms with van der Waals surface area (Å²) in [6.07, 6.45) is 6.38. The molecule has 0 N–H and O–H groups in total. The molecule has 0 aliphatic carbocycles. The second-order valence-corrected chi connectivity index (χ2v) is 5.37. The molecule has 1 aliphatic heterocycles. The van der Waals surface area contributed by atoms with Crippen molar-refractivity contribution in [3.8, 4) is 0 Å². The Morgan fingerprint density at radius 3 is 2.93 bits per heavy atom. The molecule has 0 radical (unpaired) electrons. The summed E-state index contributed by atoms with van der Waals surface area (Å²) in [6, 6.07) is 2.73. The Hall–Kier alpha value is -0.570. The van der Waals surface area contributed by atoms with Gasteiger partial charge < -0.3 is 4.90 Å². The van der Waals surface area contributed by atoms with Gasteiger partial charge in [-0.3, -0.25) is 4.98 Å². The SMILES string of the molecule is CC1CCC(C)N(c2ccncc2Br)C1. The minimum Gasteiger partial charge on any atom is -0.368 e. The molecule has 2 unspecified atom stereocenters. The van der Waals surface area contributed by atoms with Crippen LogP contribution in [0.2, 0.25) is 0 Å². The van der Waals surface area contributed by atoms with Gasteiger partial charge in [0, 0.05) is 25.0 Å². The number of hydrogen-bond donors (Lipinski definition) is 0. The maximum atomic E-state index is 4.11. The van der Waals surface area contributed by atoms with Crippen LogP contribution in [0.15, 0.2) is 22.9 Å². The molecule has 2 atom stereocenters. The largest absolute Gasteiger partial charge is 0.368 e. The van der Waals surface area contributed by atoms with E-state index >= 15 is 0 Å². The number of aromatic nitrogens is 1. The Morgan fingerprint density at radius 1 is 1.40 bits per heavy atom. The third kappa shape index (κ3) is 2.33. The molecule has 3 heteroatoms. The van der Waals surface area contributed by atoms with Crippen molar-refractivity contribution >= 4 is 21.6 Å². The summed E-state index contributed by atoms with van der Waals surface area (Å²) in [7, 11) is 0. The van der Waals surface area contributed by atoms with Gasteiger partial charge in [-0.1, -0.05) is 6.92 Å². The maximum Gasteiger partial charge on any atom is 0.0592 e. The molecule has 2 heterocycles. The van der Waals surface area contributed by atoms with Crippen LogP contribution in [0, 0.1) is 5.92 Å². The quantitative estimate of drug-likeness (QED) is 0.776. The highest BCUT2D eigenvalue weighted by Gasteiger charge is 2.24. The number of piperidine rings is 1. The normalized spacial score (nSPS) is 26.7. The minimum absolute atomic E-state index is 0.639. The van der Waals surface area contributed by atoms with Crippen LogP contribution in [0.5, 0.6) is 0 Å². The van der Waals surface area contributed by atoms with E-state index in [9.17, 15) is 0 Å². The summed E-state index contributed by atoms with van der Waals surface area (Å²) in [6.45, 7) is 5.79. The summed E-state index contributed by atoms with van der Waals surface area (Å²) in [5, 5.41) is 0. The fourth-order valence-electron chi connectivity index (χ4n) is 2.23. The van der Waals surface area contributed by atoms with Gasteiger partial charge in [-0.05, 0) is 47.7 Å². The van der Waals surface area contributed by atoms with E-state index in [1.54, 1.807) is 0 Å². The Bertz CT molecular complexity index is 340. The van der Waals surface area contributed by atoms with Gasteiger partial charge in [0.15, 0.2) is 0 Å². The van der Waals surface area contributed by atoms with Gasteiger partial charge in [0.1, 0.15) is 0 Å². The van der Waals surface area contributed by atoms with Gasteiger partial charge in [0.25, 0.3) is 0 Å². The fraction of sp³-hybridized carbons (Fsp3) is 0.583. The van der Waals surface area contributed by atoms with E-state index in [1.165, 1.54) is 18.5 Å². The summed E-state index contributed by atoms with van der Waals surface area (Å²) < 4.78 is 1.10. The topological polar surface area (TPSA) is 16.1 Å². The van der Waals surface area contributed by atoms with E-state index in [1.807, 2.05) is 12.4 Å². The van der Waals surface area contributed by atoms with Crippen LogP contribution >= 0.6 is 15.9 Å². The average molecular weight is 269 g/mol. The molecule has 0 saturated carbocycles. The molecule has 0 amide bonds. The highest BCUT2D eigenvalue weighted by Crippen LogP contribution is 2.31. The third-order valence-corrected chi connectivity index (χ3v) is 3.79. The average Bonchev–Trinajstić information content (AvgIpc) is 2.23. The predicted octanol–water partition coefficient (Wildman–Crippen LogP) is 3.47. The molecule has 2 rings (SSSR count). The minimum atomic E-state index is 0.639. The lowest BCUT2D eigenvalue weighted by molar-refractivity contribution is 0.390. The van der Waals surface area contributed by atoms with Crippen LogP contribution in [-0.2, 0) is 0 Å². The lowest BCUT2D eigenvalue weighted by atomic mass is 9.94. The first-order chi connectivity index (χ1) is 7.18. The molecule has 82 valence electrons. The zero-order chi connectivity index (χ0) is 10.8. The van der Waals surface area contributed by atoms with Crippen molar-refractivity contribution in [1.82, 2.24) is 4.98 Å². The zero-order valence-corrected chi connectivity index (χ0v) is 10.9. The van der Waals surface area contributed by atoms with Crippen molar-refractivity contribution in [2.75, 3.05) is 11.4 Å². The van der Waals surface area contributed by atoms with E-state index in [0.717, 1.165) is 16.9 Å². The molecule has 2 nitrogen and oxygen atoms in total. The van der Waals surface area contributed by atoms with Crippen molar-refractivity contribution in [3.05, 3.63) is 22.9 Å². The van der Waals surface area contributed by atoms with Crippen LogP contribution in [0.1, 0.15) is 26.7 Å². The number of anilines is 1. The van der Waals surface area contributed by atoms with E-state index in [-0.39, 0.29) is 0 Å². The van der Waals surface area contributed by atoms with Crippen LogP contribution in [0.4, 0.5) is 5.69 Å². The molecule has 1 fully saturated rings. The molecular formula is C12H17BrN2. The molecule has 0 bridgehead atoms. The fourth-order valence-corrected chi connectivity index (χ4v) is 2.70. The van der Waals surface area contributed by atoms with Gasteiger partial charge in [-0.2, -0.15) is 0 Å². The van der Waals surface area contributed by atoms with Crippen LogP contribution in [-0.4, -0.2) is 17.6 Å². The summed E-state index contributed by atoms with van der Waals surface area (Å²) >= 11 is 3.58. The van der Waals surface area contributed by atoms with Crippen molar-refractivity contribution in [2.24, 2.45) is 5.92 Å². The summed E-state index contributed by atoms with van der Waals surface area (Å²) in [4.78, 5) is 6.60. The van der Waals surface area contributed by atoms with E-state index in [4.69, 9.17) is 0 Å². The number of halogens is 1. The number of nitrogens with zero attached hydrogens (tertiary/aromatic N) is 2. The zero-order valence-electron chi connectivity index (χ0n) is 9.28. The Balaban J connectivity index is 2.25. The van der Waals surface area contributed by atoms with Gasteiger partial charge in [0.2, 0.25) is 0 Å². The van der Waals surface area contributed by atoms with Gasteiger partial charge >= 0.3 is 0 Å². The standard InChI is InChI=1S/C12H17BrN2/c1-9-3-4-10(2)15(8-9)12-5-6-14-7-11(12)13/h5-7,9-10H,3-4,8H2,1-2H3. The van der Waals surface area contributed by atoms with E-state index < -0.39 is 0 Å². The Morgan fingerprint density at radius 2 is 2.20 bits per heavy atom. The smallest absolute Gasteiger partial charge is 0.0592 e. The highest BCUT2D eigenvalue weighted by molar-refractivity contribution is 9.10. The first-order valence-electron chi connectivity index (χ1n) is 5.54. The van der Waals surface area contributed by atoms with Crippen LogP contribution in [0.25, 0.3) is 0 Å². The van der Waals surface area contributed by atoms with Crippen molar-refractivity contribution in [2.45, 2.75) is 32.7 Å². The highest BCUT2D eigenvalue weighted by atomic mass is 79.9. The second kappa shape index (κ2) is 4.52. The molecule has 1 aromatic heterocycles. The first kappa shape index (κ1) is 10.9.